The molecule has 6 fully saturated rings. The van der Waals surface area contributed by atoms with Crippen LogP contribution in [0.25, 0.3) is 0 Å². The normalized spacial score (nSPS) is 27.2. The molecule has 0 spiro atoms. The second-order valence-corrected chi connectivity index (χ2v) is 18.8. The van der Waals surface area contributed by atoms with Crippen molar-refractivity contribution in [2.45, 2.75) is 187 Å². The summed E-state index contributed by atoms with van der Waals surface area (Å²) in [6.45, 7) is 11.6. The smallest absolute Gasteiger partial charge is 0.312 e. The topological polar surface area (TPSA) is 85.4 Å². The maximum Gasteiger partial charge on any atom is 0.312 e. The van der Waals surface area contributed by atoms with Crippen LogP contribution in [0.15, 0.2) is 24.3 Å². The molecule has 4 saturated carbocycles. The lowest BCUT2D eigenvalue weighted by molar-refractivity contribution is -0.204. The van der Waals surface area contributed by atoms with Gasteiger partial charge in [0.15, 0.2) is 0 Å². The molecule has 8 nitrogen and oxygen atoms in total. The van der Waals surface area contributed by atoms with E-state index in [0.29, 0.717) is 18.9 Å². The molecule has 0 aromatic heterocycles. The summed E-state index contributed by atoms with van der Waals surface area (Å²) in [5.41, 5.74) is 0.282. The van der Waals surface area contributed by atoms with Crippen molar-refractivity contribution in [3.8, 4) is 0 Å². The summed E-state index contributed by atoms with van der Waals surface area (Å²) >= 11 is 0. The van der Waals surface area contributed by atoms with Crippen molar-refractivity contribution in [2.75, 3.05) is 39.3 Å². The van der Waals surface area contributed by atoms with E-state index >= 15 is 0 Å². The van der Waals surface area contributed by atoms with E-state index in [0.717, 1.165) is 102 Å². The van der Waals surface area contributed by atoms with Crippen molar-refractivity contribution in [3.05, 3.63) is 24.3 Å². The average Bonchev–Trinajstić information content (AvgIpc) is 3.20. The van der Waals surface area contributed by atoms with Gasteiger partial charge in [0.1, 0.15) is 6.61 Å². The van der Waals surface area contributed by atoms with Gasteiger partial charge in [-0.1, -0.05) is 77.2 Å². The molecule has 8 heteroatoms. The van der Waals surface area contributed by atoms with E-state index in [1.807, 2.05) is 6.92 Å². The fraction of sp³-hybridized carbons (Fsp3) is 0.854. The SMILES string of the molecule is CCCCC/C=C\C/C=C\CCCCCCCC(=O)OCC(C)C(OC(=O)CCC12CC3CC(CC(C3)C1)C2)OC(=O)C1CCN(C2CCN(CC)CC2)CC1. The van der Waals surface area contributed by atoms with Crippen molar-refractivity contribution >= 4 is 17.9 Å². The van der Waals surface area contributed by atoms with E-state index < -0.39 is 12.2 Å². The van der Waals surface area contributed by atoms with E-state index in [9.17, 15) is 14.4 Å². The van der Waals surface area contributed by atoms with Gasteiger partial charge in [-0.2, -0.15) is 0 Å². The molecule has 0 aromatic carbocycles. The zero-order chi connectivity index (χ0) is 39.6. The van der Waals surface area contributed by atoms with E-state index in [2.05, 4.69) is 48.0 Å². The number of rotatable bonds is 25. The Kier molecular flexibility index (Phi) is 19.3. The molecule has 0 amide bonds. The molecule has 0 radical (unpaired) electrons. The second-order valence-electron chi connectivity index (χ2n) is 18.8. The molecule has 56 heavy (non-hydrogen) atoms. The highest BCUT2D eigenvalue weighted by Crippen LogP contribution is 2.61. The van der Waals surface area contributed by atoms with Gasteiger partial charge in [0, 0.05) is 18.9 Å². The highest BCUT2D eigenvalue weighted by atomic mass is 16.7. The Bertz CT molecular complexity index is 1200. The number of allylic oxidation sites excluding steroid dienone is 4. The number of ether oxygens (including phenoxy) is 3. The first-order valence-corrected chi connectivity index (χ1v) is 23.6. The molecular formula is C48H80N2O6. The van der Waals surface area contributed by atoms with Crippen LogP contribution in [0.1, 0.15) is 175 Å². The van der Waals surface area contributed by atoms with Gasteiger partial charge in [-0.3, -0.25) is 14.4 Å². The standard InChI is InChI=1S/C48H80N2O6/c1-4-6-7-8-9-10-11-12-13-14-15-16-17-18-19-20-44(51)54-37-38(3)47(55-45(52)21-26-48-34-39-31-40(35-48)33-41(32-39)36-48)56-46(53)42-22-29-50(30-23-42)43-24-27-49(5-2)28-25-43/h9-10,12-13,38-43,47H,4-8,11,14-37H2,1-3H3/b10-9-,13-12-. The summed E-state index contributed by atoms with van der Waals surface area (Å²) in [6, 6.07) is 0.594. The second kappa shape index (κ2) is 24.0. The zero-order valence-electron chi connectivity index (χ0n) is 35.9. The van der Waals surface area contributed by atoms with Gasteiger partial charge in [0.2, 0.25) is 0 Å². The number of unbranched alkanes of at least 4 members (excludes halogenated alkanes) is 8. The van der Waals surface area contributed by atoms with Gasteiger partial charge in [0.25, 0.3) is 6.29 Å². The minimum atomic E-state index is -1.05. The molecule has 2 saturated heterocycles. The van der Waals surface area contributed by atoms with Crippen LogP contribution in [0.5, 0.6) is 0 Å². The predicted molar refractivity (Wildman–Crippen MR) is 225 cm³/mol. The molecule has 2 unspecified atom stereocenters. The first-order chi connectivity index (χ1) is 27.3. The number of carbonyl (C=O) groups is 3. The molecule has 2 atom stereocenters. The van der Waals surface area contributed by atoms with Crippen LogP contribution in [-0.4, -0.2) is 79.4 Å². The summed E-state index contributed by atoms with van der Waals surface area (Å²) in [5.74, 6) is 1.03. The fourth-order valence-electron chi connectivity index (χ4n) is 11.2. The van der Waals surface area contributed by atoms with Crippen LogP contribution >= 0.6 is 0 Å². The van der Waals surface area contributed by atoms with Gasteiger partial charge in [0.05, 0.1) is 11.8 Å². The van der Waals surface area contributed by atoms with Crippen LogP contribution in [0.4, 0.5) is 0 Å². The summed E-state index contributed by atoms with van der Waals surface area (Å²) < 4.78 is 17.7. The van der Waals surface area contributed by atoms with Crippen LogP contribution in [0, 0.1) is 35.0 Å². The highest BCUT2D eigenvalue weighted by molar-refractivity contribution is 5.73. The number of nitrogens with zero attached hydrogens (tertiary/aromatic N) is 2. The minimum Gasteiger partial charge on any atom is -0.465 e. The Morgan fingerprint density at radius 1 is 0.696 bits per heavy atom. The maximum absolute atomic E-state index is 13.6. The molecule has 318 valence electrons. The minimum absolute atomic E-state index is 0.0637. The first-order valence-electron chi connectivity index (χ1n) is 23.6. The number of hydrogen-bond donors (Lipinski definition) is 0. The highest BCUT2D eigenvalue weighted by Gasteiger charge is 2.50. The molecule has 4 aliphatic carbocycles. The molecule has 2 heterocycles. The van der Waals surface area contributed by atoms with Crippen molar-refractivity contribution in [1.82, 2.24) is 9.80 Å². The number of hydrogen-bond acceptors (Lipinski definition) is 8. The number of esters is 3. The Morgan fingerprint density at radius 3 is 1.93 bits per heavy atom. The average molecular weight is 781 g/mol. The molecule has 0 N–H and O–H groups in total. The van der Waals surface area contributed by atoms with Crippen LogP contribution in [0.3, 0.4) is 0 Å². The lowest BCUT2D eigenvalue weighted by Crippen LogP contribution is -2.48. The number of likely N-dealkylation sites (tertiary alicyclic amines) is 2. The monoisotopic (exact) mass is 781 g/mol. The summed E-state index contributed by atoms with van der Waals surface area (Å²) in [5, 5.41) is 0. The van der Waals surface area contributed by atoms with Gasteiger partial charge < -0.3 is 24.0 Å². The predicted octanol–water partition coefficient (Wildman–Crippen LogP) is 10.6. The lowest BCUT2D eigenvalue weighted by atomic mass is 9.48. The third-order valence-electron chi connectivity index (χ3n) is 14.2. The van der Waals surface area contributed by atoms with Crippen molar-refractivity contribution < 1.29 is 28.6 Å². The van der Waals surface area contributed by atoms with Crippen molar-refractivity contribution in [2.24, 2.45) is 35.0 Å². The van der Waals surface area contributed by atoms with E-state index in [1.165, 1.54) is 89.9 Å². The van der Waals surface area contributed by atoms with Crippen LogP contribution in [0.2, 0.25) is 0 Å². The molecule has 2 aliphatic heterocycles. The third kappa shape index (κ3) is 14.9. The van der Waals surface area contributed by atoms with Crippen LogP contribution in [-0.2, 0) is 28.6 Å². The van der Waals surface area contributed by atoms with E-state index in [4.69, 9.17) is 14.2 Å². The lowest BCUT2D eigenvalue weighted by Gasteiger charge is -2.57. The first kappa shape index (κ1) is 44.9. The largest absolute Gasteiger partial charge is 0.465 e. The van der Waals surface area contributed by atoms with Gasteiger partial charge in [-0.25, -0.2) is 0 Å². The van der Waals surface area contributed by atoms with Gasteiger partial charge >= 0.3 is 17.9 Å². The van der Waals surface area contributed by atoms with E-state index in [-0.39, 0.29) is 35.8 Å². The van der Waals surface area contributed by atoms with Crippen molar-refractivity contribution in [1.29, 1.82) is 0 Å². The zero-order valence-corrected chi connectivity index (χ0v) is 35.9. The van der Waals surface area contributed by atoms with Gasteiger partial charge in [-0.15, -0.1) is 0 Å². The maximum atomic E-state index is 13.6. The number of carbonyl (C=O) groups excluding carboxylic acids is 3. The third-order valence-corrected chi connectivity index (χ3v) is 14.2. The Labute approximate surface area is 341 Å². The molecule has 6 rings (SSSR count). The van der Waals surface area contributed by atoms with E-state index in [1.54, 1.807) is 0 Å². The molecule has 0 aromatic rings. The Morgan fingerprint density at radius 2 is 1.30 bits per heavy atom. The molecule has 6 aliphatic rings. The number of piperidine rings is 2. The summed E-state index contributed by atoms with van der Waals surface area (Å²) in [7, 11) is 0. The quantitative estimate of drug-likeness (QED) is 0.0392. The van der Waals surface area contributed by atoms with Crippen LogP contribution < -0.4 is 0 Å². The Balaban J connectivity index is 1.01. The summed E-state index contributed by atoms with van der Waals surface area (Å²) in [4.78, 5) is 44.9. The van der Waals surface area contributed by atoms with Gasteiger partial charge in [-0.05, 0) is 165 Å². The van der Waals surface area contributed by atoms with Crippen molar-refractivity contribution in [3.63, 3.8) is 0 Å². The Hall–Kier alpha value is -2.19. The summed E-state index contributed by atoms with van der Waals surface area (Å²) in [6.07, 6.45) is 34.0. The molecular weight excluding hydrogens is 701 g/mol. The molecule has 4 bridgehead atoms. The fourth-order valence-corrected chi connectivity index (χ4v) is 11.2.